The van der Waals surface area contributed by atoms with E-state index in [9.17, 15) is 9.59 Å². The van der Waals surface area contributed by atoms with E-state index in [1.165, 1.54) is 18.5 Å². The van der Waals surface area contributed by atoms with Gasteiger partial charge in [-0.1, -0.05) is 11.6 Å². The molecule has 0 aliphatic rings. The zero-order valence-electron chi connectivity index (χ0n) is 10.2. The molecule has 102 valence electrons. The molecule has 2 rings (SSSR count). The van der Waals surface area contributed by atoms with Crippen LogP contribution in [0.5, 0.6) is 0 Å². The second kappa shape index (κ2) is 6.12. The molecule has 0 radical (unpaired) electrons. The fourth-order valence-electron chi connectivity index (χ4n) is 1.51. The van der Waals surface area contributed by atoms with Gasteiger partial charge in [0.15, 0.2) is 0 Å². The third kappa shape index (κ3) is 3.52. The van der Waals surface area contributed by atoms with Gasteiger partial charge in [0.2, 0.25) is 0 Å². The van der Waals surface area contributed by atoms with Crippen molar-refractivity contribution in [3.05, 3.63) is 53.1 Å². The highest BCUT2D eigenvalue weighted by Gasteiger charge is 2.11. The van der Waals surface area contributed by atoms with Crippen LogP contribution in [0.1, 0.15) is 16.1 Å². The standard InChI is InChI=1S/C13H10ClN3O3/c14-12-10(2-1-5-15-12)13(20)17-9-4-3-8(16-7-9)6-11(18)19/h1-5,7H,6H2,(H,17,20)(H,18,19). The zero-order valence-corrected chi connectivity index (χ0v) is 11.0. The average molecular weight is 292 g/mol. The van der Waals surface area contributed by atoms with Crippen LogP contribution in [-0.2, 0) is 11.2 Å². The van der Waals surface area contributed by atoms with Crippen molar-refractivity contribution >= 4 is 29.2 Å². The summed E-state index contributed by atoms with van der Waals surface area (Å²) in [6.45, 7) is 0. The van der Waals surface area contributed by atoms with Gasteiger partial charge in [-0.3, -0.25) is 14.6 Å². The second-order valence-corrected chi connectivity index (χ2v) is 4.26. The Morgan fingerprint density at radius 1 is 1.25 bits per heavy atom. The van der Waals surface area contributed by atoms with Gasteiger partial charge in [0, 0.05) is 6.20 Å². The number of rotatable bonds is 4. The fraction of sp³-hybridized carbons (Fsp3) is 0.0769. The maximum atomic E-state index is 11.9. The number of carboxylic acids is 1. The van der Waals surface area contributed by atoms with Crippen LogP contribution in [0.25, 0.3) is 0 Å². The van der Waals surface area contributed by atoms with Crippen molar-refractivity contribution < 1.29 is 14.7 Å². The van der Waals surface area contributed by atoms with Gasteiger partial charge in [-0.05, 0) is 24.3 Å². The lowest BCUT2D eigenvalue weighted by Gasteiger charge is -2.06. The summed E-state index contributed by atoms with van der Waals surface area (Å²) in [5.74, 6) is -1.37. The highest BCUT2D eigenvalue weighted by atomic mass is 35.5. The smallest absolute Gasteiger partial charge is 0.309 e. The van der Waals surface area contributed by atoms with Crippen molar-refractivity contribution in [1.29, 1.82) is 0 Å². The van der Waals surface area contributed by atoms with Crippen LogP contribution < -0.4 is 5.32 Å². The summed E-state index contributed by atoms with van der Waals surface area (Å²) in [5.41, 5.74) is 1.11. The highest BCUT2D eigenvalue weighted by molar-refractivity contribution is 6.33. The van der Waals surface area contributed by atoms with E-state index in [-0.39, 0.29) is 17.1 Å². The van der Waals surface area contributed by atoms with Gasteiger partial charge in [-0.25, -0.2) is 4.98 Å². The largest absolute Gasteiger partial charge is 0.481 e. The fourth-order valence-corrected chi connectivity index (χ4v) is 1.72. The molecular weight excluding hydrogens is 282 g/mol. The first-order valence-corrected chi connectivity index (χ1v) is 6.02. The van der Waals surface area contributed by atoms with E-state index in [1.54, 1.807) is 18.2 Å². The van der Waals surface area contributed by atoms with E-state index < -0.39 is 11.9 Å². The molecule has 0 aromatic carbocycles. The van der Waals surface area contributed by atoms with Gasteiger partial charge in [0.1, 0.15) is 5.15 Å². The topological polar surface area (TPSA) is 92.2 Å². The lowest BCUT2D eigenvalue weighted by Crippen LogP contribution is -2.13. The first-order valence-electron chi connectivity index (χ1n) is 5.65. The van der Waals surface area contributed by atoms with Crippen molar-refractivity contribution in [3.8, 4) is 0 Å². The number of anilines is 1. The number of nitrogens with zero attached hydrogens (tertiary/aromatic N) is 2. The second-order valence-electron chi connectivity index (χ2n) is 3.90. The van der Waals surface area contributed by atoms with Gasteiger partial charge in [0.05, 0.1) is 29.6 Å². The Labute approximate surface area is 119 Å². The van der Waals surface area contributed by atoms with Gasteiger partial charge >= 0.3 is 5.97 Å². The first-order chi connectivity index (χ1) is 9.56. The number of hydrogen-bond donors (Lipinski definition) is 2. The molecule has 0 aliphatic carbocycles. The lowest BCUT2D eigenvalue weighted by molar-refractivity contribution is -0.136. The molecule has 20 heavy (non-hydrogen) atoms. The quantitative estimate of drug-likeness (QED) is 0.841. The van der Waals surface area contributed by atoms with Gasteiger partial charge in [-0.2, -0.15) is 0 Å². The molecule has 0 atom stereocenters. The third-order valence-electron chi connectivity index (χ3n) is 2.42. The monoisotopic (exact) mass is 291 g/mol. The molecule has 0 saturated carbocycles. The summed E-state index contributed by atoms with van der Waals surface area (Å²) in [6.07, 6.45) is 2.71. The molecule has 6 nitrogen and oxygen atoms in total. The van der Waals surface area contributed by atoms with E-state index in [1.807, 2.05) is 0 Å². The summed E-state index contributed by atoms with van der Waals surface area (Å²) >= 11 is 5.82. The molecule has 0 fully saturated rings. The van der Waals surface area contributed by atoms with Crippen LogP contribution in [0, 0.1) is 0 Å². The number of hydrogen-bond acceptors (Lipinski definition) is 4. The Balaban J connectivity index is 2.09. The lowest BCUT2D eigenvalue weighted by atomic mass is 10.2. The van der Waals surface area contributed by atoms with Crippen LogP contribution in [0.4, 0.5) is 5.69 Å². The molecule has 7 heteroatoms. The Bertz CT molecular complexity index is 644. The summed E-state index contributed by atoms with van der Waals surface area (Å²) in [5, 5.41) is 11.3. The van der Waals surface area contributed by atoms with E-state index in [0.717, 1.165) is 0 Å². The Morgan fingerprint density at radius 2 is 2.05 bits per heavy atom. The van der Waals surface area contributed by atoms with E-state index >= 15 is 0 Å². The Morgan fingerprint density at radius 3 is 2.65 bits per heavy atom. The Kier molecular flexibility index (Phi) is 4.27. The maximum absolute atomic E-state index is 11.9. The van der Waals surface area contributed by atoms with E-state index in [4.69, 9.17) is 16.7 Å². The molecule has 0 bridgehead atoms. The number of amides is 1. The molecular formula is C13H10ClN3O3. The summed E-state index contributed by atoms with van der Waals surface area (Å²) in [4.78, 5) is 30.2. The molecule has 2 aromatic heterocycles. The van der Waals surface area contributed by atoms with Crippen molar-refractivity contribution in [2.24, 2.45) is 0 Å². The molecule has 0 spiro atoms. The van der Waals surface area contributed by atoms with Crippen LogP contribution in [0.15, 0.2) is 36.7 Å². The van der Waals surface area contributed by atoms with Crippen LogP contribution >= 0.6 is 11.6 Å². The molecule has 0 saturated heterocycles. The number of carboxylic acid groups (broad SMARTS) is 1. The van der Waals surface area contributed by atoms with E-state index in [2.05, 4.69) is 15.3 Å². The number of carbonyl (C=O) groups is 2. The number of carbonyl (C=O) groups excluding carboxylic acids is 1. The molecule has 1 amide bonds. The highest BCUT2D eigenvalue weighted by Crippen LogP contribution is 2.14. The Hall–Kier alpha value is -2.47. The normalized spacial score (nSPS) is 10.1. The number of aromatic nitrogens is 2. The van der Waals surface area contributed by atoms with Crippen LogP contribution in [-0.4, -0.2) is 27.0 Å². The minimum absolute atomic E-state index is 0.112. The van der Waals surface area contributed by atoms with Crippen molar-refractivity contribution in [2.75, 3.05) is 5.32 Å². The van der Waals surface area contributed by atoms with Crippen LogP contribution in [0.3, 0.4) is 0 Å². The summed E-state index contributed by atoms with van der Waals surface area (Å²) < 4.78 is 0. The van der Waals surface area contributed by atoms with Gasteiger partial charge < -0.3 is 10.4 Å². The van der Waals surface area contributed by atoms with Crippen molar-refractivity contribution in [2.45, 2.75) is 6.42 Å². The van der Waals surface area contributed by atoms with Crippen molar-refractivity contribution in [3.63, 3.8) is 0 Å². The number of aliphatic carboxylic acids is 1. The molecule has 2 heterocycles. The zero-order chi connectivity index (χ0) is 14.5. The minimum atomic E-state index is -0.962. The number of pyridine rings is 2. The maximum Gasteiger partial charge on any atom is 0.309 e. The summed E-state index contributed by atoms with van der Waals surface area (Å²) in [6, 6.07) is 6.27. The van der Waals surface area contributed by atoms with E-state index in [0.29, 0.717) is 11.4 Å². The first kappa shape index (κ1) is 14.0. The minimum Gasteiger partial charge on any atom is -0.481 e. The number of nitrogens with one attached hydrogen (secondary N) is 1. The predicted octanol–water partition coefficient (Wildman–Crippen LogP) is 2.01. The number of halogens is 1. The predicted molar refractivity (Wildman–Crippen MR) is 72.8 cm³/mol. The SMILES string of the molecule is O=C(O)Cc1ccc(NC(=O)c2cccnc2Cl)cn1. The third-order valence-corrected chi connectivity index (χ3v) is 2.72. The average Bonchev–Trinajstić information content (AvgIpc) is 2.41. The molecule has 0 unspecified atom stereocenters. The molecule has 0 aliphatic heterocycles. The van der Waals surface area contributed by atoms with Gasteiger partial charge in [-0.15, -0.1) is 0 Å². The van der Waals surface area contributed by atoms with Gasteiger partial charge in [0.25, 0.3) is 5.91 Å². The van der Waals surface area contributed by atoms with Crippen molar-refractivity contribution in [1.82, 2.24) is 9.97 Å². The van der Waals surface area contributed by atoms with Crippen LogP contribution in [0.2, 0.25) is 5.15 Å². The molecule has 2 aromatic rings. The summed E-state index contributed by atoms with van der Waals surface area (Å²) in [7, 11) is 0. The molecule has 2 N–H and O–H groups in total.